The highest BCUT2D eigenvalue weighted by Gasteiger charge is 2.13. The Kier molecular flexibility index (Phi) is 4.68. The highest BCUT2D eigenvalue weighted by Crippen LogP contribution is 2.32. The van der Waals surface area contributed by atoms with E-state index < -0.39 is 0 Å². The van der Waals surface area contributed by atoms with Crippen LogP contribution in [0.15, 0.2) is 42.9 Å². The van der Waals surface area contributed by atoms with Gasteiger partial charge < -0.3 is 20.3 Å². The fourth-order valence-electron chi connectivity index (χ4n) is 1.67. The second-order valence-electron chi connectivity index (χ2n) is 3.96. The van der Waals surface area contributed by atoms with E-state index in [0.29, 0.717) is 11.6 Å². The number of hydrogen-bond acceptors (Lipinski definition) is 6. The molecule has 1 heterocycles. The van der Waals surface area contributed by atoms with Crippen LogP contribution in [0.4, 0.5) is 5.82 Å². The van der Waals surface area contributed by atoms with E-state index in [1.807, 2.05) is 0 Å². The van der Waals surface area contributed by atoms with Gasteiger partial charge in [0, 0.05) is 18.5 Å². The first kappa shape index (κ1) is 14.7. The van der Waals surface area contributed by atoms with Gasteiger partial charge in [0.1, 0.15) is 33.6 Å². The quantitative estimate of drug-likeness (QED) is 0.454. The molecule has 2 rings (SSSR count). The van der Waals surface area contributed by atoms with Gasteiger partial charge >= 0.3 is 0 Å². The molecule has 0 unspecified atom stereocenters. The van der Waals surface area contributed by atoms with Gasteiger partial charge in [-0.25, -0.2) is 4.98 Å². The van der Waals surface area contributed by atoms with Gasteiger partial charge in [-0.3, -0.25) is 4.98 Å². The molecular weight excluding hydrogens is 290 g/mol. The van der Waals surface area contributed by atoms with Crippen LogP contribution in [0.2, 0.25) is 0 Å². The number of ether oxygens (including phenoxy) is 1. The predicted molar refractivity (Wildman–Crippen MR) is 83.5 cm³/mol. The Morgan fingerprint density at radius 2 is 2.19 bits per heavy atom. The van der Waals surface area contributed by atoms with Crippen LogP contribution in [-0.4, -0.2) is 32.3 Å². The van der Waals surface area contributed by atoms with Gasteiger partial charge in [-0.15, -0.1) is 0 Å². The number of aromatic nitrogens is 2. The van der Waals surface area contributed by atoms with Gasteiger partial charge in [0.05, 0.1) is 13.3 Å². The highest BCUT2D eigenvalue weighted by atomic mass is 32.1. The Balaban J connectivity index is 2.23. The molecule has 0 amide bonds. The number of thiocarbonyl (C=S) groups is 1. The number of phenolic OH excluding ortho intramolecular Hbond substituents is 1. The average Bonchev–Trinajstić information content (AvgIpc) is 2.47. The summed E-state index contributed by atoms with van der Waals surface area (Å²) >= 11 is 5.10. The maximum absolute atomic E-state index is 10.1. The van der Waals surface area contributed by atoms with E-state index in [1.54, 1.807) is 12.1 Å². The first-order chi connectivity index (χ1) is 10.1. The first-order valence-electron chi connectivity index (χ1n) is 5.96. The molecule has 0 aliphatic carbocycles. The molecule has 0 saturated carbocycles. The van der Waals surface area contributed by atoms with E-state index in [0.717, 1.165) is 0 Å². The molecule has 2 aromatic rings. The number of methoxy groups -OCH3 is 1. The summed E-state index contributed by atoms with van der Waals surface area (Å²) in [5, 5.41) is 22.7. The summed E-state index contributed by atoms with van der Waals surface area (Å²) in [7, 11) is 1.45. The van der Waals surface area contributed by atoms with Crippen molar-refractivity contribution in [2.24, 2.45) is 0 Å². The van der Waals surface area contributed by atoms with Crippen molar-refractivity contribution in [1.29, 1.82) is 0 Å². The number of rotatable bonds is 4. The third-order valence-electron chi connectivity index (χ3n) is 2.56. The smallest absolute Gasteiger partial charge is 0.149 e. The largest absolute Gasteiger partial charge is 0.507 e. The molecule has 1 aromatic carbocycles. The molecule has 0 radical (unpaired) electrons. The van der Waals surface area contributed by atoms with E-state index in [-0.39, 0.29) is 22.1 Å². The summed E-state index contributed by atoms with van der Waals surface area (Å²) in [5.74, 6) is 0.471. The van der Waals surface area contributed by atoms with E-state index in [4.69, 9.17) is 17.0 Å². The van der Waals surface area contributed by atoms with Gasteiger partial charge in [-0.1, -0.05) is 18.3 Å². The Morgan fingerprint density at radius 1 is 1.38 bits per heavy atom. The van der Waals surface area contributed by atoms with Crippen molar-refractivity contribution in [2.45, 2.75) is 0 Å². The number of aliphatic hydroxyl groups is 1. The molecule has 108 valence electrons. The van der Waals surface area contributed by atoms with Gasteiger partial charge in [0.25, 0.3) is 0 Å². The number of nitrogens with zero attached hydrogens (tertiary/aromatic N) is 2. The fraction of sp³-hybridized carbons (Fsp3) is 0.0714. The number of aromatic hydroxyl groups is 1. The second-order valence-corrected chi connectivity index (χ2v) is 4.40. The Hall–Kier alpha value is -2.67. The van der Waals surface area contributed by atoms with Crippen LogP contribution in [0.25, 0.3) is 5.76 Å². The van der Waals surface area contributed by atoms with Crippen molar-refractivity contribution in [3.05, 3.63) is 48.4 Å². The van der Waals surface area contributed by atoms with Crippen molar-refractivity contribution in [3.8, 4) is 11.5 Å². The summed E-state index contributed by atoms with van der Waals surface area (Å²) < 4.78 is 5.10. The zero-order chi connectivity index (χ0) is 15.2. The van der Waals surface area contributed by atoms with E-state index in [1.165, 1.54) is 37.8 Å². The standard InChI is InChI=1S/C14H13N3O3S/c1-20-11-4-2-3-9(18)14(11)10(19)7-13(21)17-12-8-15-5-6-16-12/h2-8,18-19H,1H3,(H,16,17,21). The van der Waals surface area contributed by atoms with Gasteiger partial charge in [0.2, 0.25) is 0 Å². The molecule has 0 fully saturated rings. The summed E-state index contributed by atoms with van der Waals surface area (Å²) in [6, 6.07) is 4.68. The van der Waals surface area contributed by atoms with E-state index in [2.05, 4.69) is 15.3 Å². The fourth-order valence-corrected chi connectivity index (χ4v) is 1.89. The lowest BCUT2D eigenvalue weighted by Gasteiger charge is -2.10. The maximum Gasteiger partial charge on any atom is 0.149 e. The molecule has 0 bridgehead atoms. The third kappa shape index (κ3) is 3.67. The molecule has 6 nitrogen and oxygen atoms in total. The number of benzene rings is 1. The molecule has 0 aliphatic rings. The maximum atomic E-state index is 10.1. The molecule has 7 heteroatoms. The lowest BCUT2D eigenvalue weighted by Crippen LogP contribution is -2.08. The van der Waals surface area contributed by atoms with Crippen molar-refractivity contribution in [3.63, 3.8) is 0 Å². The van der Waals surface area contributed by atoms with Crippen LogP contribution in [0.5, 0.6) is 11.5 Å². The number of aliphatic hydroxyl groups excluding tert-OH is 1. The normalized spacial score (nSPS) is 11.0. The van der Waals surface area contributed by atoms with Crippen molar-refractivity contribution in [2.75, 3.05) is 12.4 Å². The topological polar surface area (TPSA) is 87.5 Å². The van der Waals surface area contributed by atoms with Crippen molar-refractivity contribution in [1.82, 2.24) is 9.97 Å². The minimum atomic E-state index is -0.216. The van der Waals surface area contributed by atoms with Crippen LogP contribution < -0.4 is 10.1 Å². The average molecular weight is 303 g/mol. The monoisotopic (exact) mass is 303 g/mol. The summed E-state index contributed by atoms with van der Waals surface area (Å²) in [5.41, 5.74) is 0.170. The summed E-state index contributed by atoms with van der Waals surface area (Å²) in [4.78, 5) is 8.11. The lowest BCUT2D eigenvalue weighted by atomic mass is 10.1. The van der Waals surface area contributed by atoms with Crippen molar-refractivity contribution >= 4 is 28.8 Å². The van der Waals surface area contributed by atoms with Gasteiger partial charge in [-0.2, -0.15) is 0 Å². The number of anilines is 1. The Morgan fingerprint density at radius 3 is 2.86 bits per heavy atom. The Bertz CT molecular complexity index is 674. The third-order valence-corrected chi connectivity index (χ3v) is 2.78. The SMILES string of the molecule is COc1cccc(O)c1C(O)=CC(=S)Nc1cnccn1. The summed E-state index contributed by atoms with van der Waals surface area (Å²) in [6.07, 6.45) is 5.84. The number of hydrogen-bond donors (Lipinski definition) is 3. The van der Waals surface area contributed by atoms with Crippen LogP contribution in [0.1, 0.15) is 5.56 Å². The molecule has 1 aromatic heterocycles. The lowest BCUT2D eigenvalue weighted by molar-refractivity contribution is 0.398. The number of nitrogens with one attached hydrogen (secondary N) is 1. The van der Waals surface area contributed by atoms with Crippen LogP contribution in [0.3, 0.4) is 0 Å². The van der Waals surface area contributed by atoms with E-state index in [9.17, 15) is 10.2 Å². The van der Waals surface area contributed by atoms with Gasteiger partial charge in [0.15, 0.2) is 0 Å². The minimum absolute atomic E-state index is 0.106. The second kappa shape index (κ2) is 6.67. The molecule has 0 saturated heterocycles. The number of phenols is 1. The van der Waals surface area contributed by atoms with Crippen molar-refractivity contribution < 1.29 is 14.9 Å². The minimum Gasteiger partial charge on any atom is -0.507 e. The predicted octanol–water partition coefficient (Wildman–Crippen LogP) is 2.53. The molecule has 0 atom stereocenters. The first-order valence-corrected chi connectivity index (χ1v) is 6.36. The summed E-state index contributed by atoms with van der Waals surface area (Å²) in [6.45, 7) is 0. The Labute approximate surface area is 126 Å². The zero-order valence-electron chi connectivity index (χ0n) is 11.1. The van der Waals surface area contributed by atoms with Crippen LogP contribution in [0, 0.1) is 0 Å². The van der Waals surface area contributed by atoms with Gasteiger partial charge in [-0.05, 0) is 12.1 Å². The molecule has 21 heavy (non-hydrogen) atoms. The molecule has 0 aliphatic heterocycles. The molecule has 3 N–H and O–H groups in total. The van der Waals surface area contributed by atoms with E-state index >= 15 is 0 Å². The molecule has 0 spiro atoms. The zero-order valence-corrected chi connectivity index (χ0v) is 12.0. The molecular formula is C14H13N3O3S. The highest BCUT2D eigenvalue weighted by molar-refractivity contribution is 7.81. The van der Waals surface area contributed by atoms with Crippen LogP contribution in [-0.2, 0) is 0 Å². The van der Waals surface area contributed by atoms with Crippen LogP contribution >= 0.6 is 12.2 Å².